The molecule has 8 atom stereocenters. The van der Waals surface area contributed by atoms with Crippen LogP contribution in [0.4, 0.5) is 4.39 Å². The van der Waals surface area contributed by atoms with Crippen LogP contribution < -0.4 is 0 Å². The van der Waals surface area contributed by atoms with Crippen molar-refractivity contribution in [2.24, 2.45) is 35.0 Å². The molecule has 5 aliphatic rings. The maximum atomic E-state index is 16.5. The molecule has 0 radical (unpaired) electrons. The van der Waals surface area contributed by atoms with Crippen molar-refractivity contribution in [3.05, 3.63) is 11.9 Å². The molecule has 0 spiro atoms. The highest BCUT2D eigenvalue weighted by Gasteiger charge is 2.63. The molecule has 5 saturated carbocycles. The van der Waals surface area contributed by atoms with E-state index in [1.165, 1.54) is 12.8 Å². The number of halogens is 1. The third kappa shape index (κ3) is 3.22. The normalized spacial score (nSPS) is 48.1. The molecule has 6 rings (SSSR count). The fourth-order valence-corrected chi connectivity index (χ4v) is 8.73. The number of aromatic nitrogens is 3. The van der Waals surface area contributed by atoms with Gasteiger partial charge in [-0.25, -0.2) is 9.07 Å². The van der Waals surface area contributed by atoms with Gasteiger partial charge in [0.25, 0.3) is 0 Å². The number of carbonyl (C=O) groups excluding carboxylic acids is 1. The summed E-state index contributed by atoms with van der Waals surface area (Å²) >= 11 is 0. The Morgan fingerprint density at radius 2 is 1.91 bits per heavy atom. The number of alkyl halides is 1. The van der Waals surface area contributed by atoms with Crippen molar-refractivity contribution >= 4 is 5.78 Å². The summed E-state index contributed by atoms with van der Waals surface area (Å²) in [5.74, 6) is 1.85. The summed E-state index contributed by atoms with van der Waals surface area (Å²) in [6.07, 6.45) is 11.8. The highest BCUT2D eigenvalue weighted by molar-refractivity contribution is 5.82. The molecule has 1 N–H and O–H groups in total. The molecule has 1 unspecified atom stereocenters. The molecule has 0 amide bonds. The van der Waals surface area contributed by atoms with E-state index in [0.717, 1.165) is 44.2 Å². The Morgan fingerprint density at radius 3 is 2.69 bits per heavy atom. The number of fused-ring (bicyclic) bond motifs is 5. The second kappa shape index (κ2) is 7.10. The molecule has 5 aliphatic carbocycles. The minimum atomic E-state index is -1.12. The Morgan fingerprint density at radius 1 is 1.09 bits per heavy atom. The molecule has 1 aromatic heterocycles. The summed E-state index contributed by atoms with van der Waals surface area (Å²) in [4.78, 5) is 13.4. The number of aliphatic hydroxyl groups is 1. The van der Waals surface area contributed by atoms with Gasteiger partial charge in [-0.05, 0) is 107 Å². The molecule has 0 saturated heterocycles. The first kappa shape index (κ1) is 21.2. The number of nitrogens with zero attached hydrogens (tertiary/aromatic N) is 3. The predicted octanol–water partition coefficient (Wildman–Crippen LogP) is 4.84. The zero-order valence-corrected chi connectivity index (χ0v) is 19.6. The van der Waals surface area contributed by atoms with Gasteiger partial charge in [-0.2, -0.15) is 0 Å². The number of Topliss-reactive ketones (excluding diaryl/α,β-unsaturated/α-hetero) is 1. The van der Waals surface area contributed by atoms with Gasteiger partial charge in [0.2, 0.25) is 0 Å². The predicted molar refractivity (Wildman–Crippen MR) is 119 cm³/mol. The van der Waals surface area contributed by atoms with E-state index in [2.05, 4.69) is 17.2 Å². The van der Waals surface area contributed by atoms with Gasteiger partial charge in [0.15, 0.2) is 5.78 Å². The van der Waals surface area contributed by atoms with Gasteiger partial charge in [0, 0.05) is 18.0 Å². The van der Waals surface area contributed by atoms with Crippen LogP contribution in [0.15, 0.2) is 6.20 Å². The molecule has 176 valence electrons. The van der Waals surface area contributed by atoms with Gasteiger partial charge < -0.3 is 5.11 Å². The van der Waals surface area contributed by atoms with Crippen molar-refractivity contribution in [3.63, 3.8) is 0 Å². The SMILES string of the molecule is C[C@@]1(O)CC[C@@]2(F)[C@H](CC[C@H]3C4CC[C@H](C(=O)Cn5cc(C6CC6)nn5)[C@@]4(C)CC[C@@H]32)C1. The Balaban J connectivity index is 1.18. The Hall–Kier alpha value is -1.30. The lowest BCUT2D eigenvalue weighted by molar-refractivity contribution is -0.166. The van der Waals surface area contributed by atoms with Crippen LogP contribution in [0.5, 0.6) is 0 Å². The molecular formula is C26H38FN3O2. The van der Waals surface area contributed by atoms with Crippen LogP contribution in [0.25, 0.3) is 0 Å². The molecule has 0 aliphatic heterocycles. The molecular weight excluding hydrogens is 405 g/mol. The van der Waals surface area contributed by atoms with Crippen LogP contribution in [0.1, 0.15) is 96.1 Å². The lowest BCUT2D eigenvalue weighted by Gasteiger charge is -2.59. The molecule has 32 heavy (non-hydrogen) atoms. The van der Waals surface area contributed by atoms with E-state index < -0.39 is 11.3 Å². The third-order valence-corrected chi connectivity index (χ3v) is 10.6. The van der Waals surface area contributed by atoms with E-state index in [4.69, 9.17) is 0 Å². The minimum Gasteiger partial charge on any atom is -0.390 e. The maximum Gasteiger partial charge on any atom is 0.157 e. The topological polar surface area (TPSA) is 68.0 Å². The van der Waals surface area contributed by atoms with E-state index in [0.29, 0.717) is 43.6 Å². The summed E-state index contributed by atoms with van der Waals surface area (Å²) < 4.78 is 18.2. The summed E-state index contributed by atoms with van der Waals surface area (Å²) in [6, 6.07) is 0. The summed E-state index contributed by atoms with van der Waals surface area (Å²) in [6.45, 7) is 4.53. The Bertz CT molecular complexity index is 911. The summed E-state index contributed by atoms with van der Waals surface area (Å²) in [7, 11) is 0. The highest BCUT2D eigenvalue weighted by Crippen LogP contribution is 2.66. The lowest BCUT2D eigenvalue weighted by atomic mass is 9.48. The van der Waals surface area contributed by atoms with Gasteiger partial charge in [0.1, 0.15) is 12.2 Å². The zero-order valence-electron chi connectivity index (χ0n) is 19.6. The molecule has 1 aromatic rings. The number of hydrogen-bond donors (Lipinski definition) is 1. The highest BCUT2D eigenvalue weighted by atomic mass is 19.1. The molecule has 5 nitrogen and oxygen atoms in total. The standard InChI is InChI=1S/C26H38FN3O2/c1-24(32)11-12-26(27)17(13-24)5-6-18-19-7-8-21(25(19,2)10-9-20(18)26)23(31)15-30-14-22(28-29-30)16-3-4-16/h14,16-21,32H,3-13,15H2,1-2H3/t17-,18+,19?,20+,21-,24-,25+,26-/m1/s1. The van der Waals surface area contributed by atoms with Gasteiger partial charge in [0.05, 0.1) is 11.3 Å². The third-order valence-electron chi connectivity index (χ3n) is 10.6. The lowest BCUT2D eigenvalue weighted by Crippen LogP contribution is -2.58. The number of ketones is 1. The monoisotopic (exact) mass is 443 g/mol. The molecule has 5 fully saturated rings. The van der Waals surface area contributed by atoms with E-state index >= 15 is 4.39 Å². The zero-order chi connectivity index (χ0) is 22.3. The quantitative estimate of drug-likeness (QED) is 0.723. The molecule has 0 bridgehead atoms. The average Bonchev–Trinajstić information content (AvgIpc) is 3.38. The molecule has 1 heterocycles. The maximum absolute atomic E-state index is 16.5. The van der Waals surface area contributed by atoms with Crippen LogP contribution in [0.3, 0.4) is 0 Å². The molecule has 6 heteroatoms. The van der Waals surface area contributed by atoms with Crippen molar-refractivity contribution in [3.8, 4) is 0 Å². The second-order valence-electron chi connectivity index (χ2n) is 12.5. The van der Waals surface area contributed by atoms with Crippen LogP contribution in [-0.2, 0) is 11.3 Å². The fourth-order valence-electron chi connectivity index (χ4n) is 8.73. The minimum absolute atomic E-state index is 0.00340. The van der Waals surface area contributed by atoms with E-state index in [1.807, 2.05) is 13.1 Å². The second-order valence-corrected chi connectivity index (χ2v) is 12.5. The van der Waals surface area contributed by atoms with Crippen LogP contribution in [0, 0.1) is 35.0 Å². The van der Waals surface area contributed by atoms with Crippen molar-refractivity contribution < 1.29 is 14.3 Å². The number of hydrogen-bond acceptors (Lipinski definition) is 4. The first-order chi connectivity index (χ1) is 15.2. The van der Waals surface area contributed by atoms with Gasteiger partial charge >= 0.3 is 0 Å². The van der Waals surface area contributed by atoms with Crippen LogP contribution >= 0.6 is 0 Å². The van der Waals surface area contributed by atoms with Gasteiger partial charge in [-0.15, -0.1) is 5.10 Å². The van der Waals surface area contributed by atoms with E-state index in [9.17, 15) is 9.90 Å². The van der Waals surface area contributed by atoms with Crippen molar-refractivity contribution in [2.75, 3.05) is 0 Å². The Kier molecular flexibility index (Phi) is 4.71. The summed E-state index contributed by atoms with van der Waals surface area (Å²) in [5, 5.41) is 19.0. The number of rotatable bonds is 4. The van der Waals surface area contributed by atoms with E-state index in [-0.39, 0.29) is 29.0 Å². The average molecular weight is 444 g/mol. The first-order valence-electron chi connectivity index (χ1n) is 13.0. The van der Waals surface area contributed by atoms with Crippen molar-refractivity contribution in [2.45, 2.75) is 108 Å². The first-order valence-corrected chi connectivity index (χ1v) is 13.0. The van der Waals surface area contributed by atoms with E-state index in [1.54, 1.807) is 4.68 Å². The largest absolute Gasteiger partial charge is 0.390 e. The van der Waals surface area contributed by atoms with Crippen LogP contribution in [0.2, 0.25) is 0 Å². The van der Waals surface area contributed by atoms with Gasteiger partial charge in [-0.3, -0.25) is 4.79 Å². The van der Waals surface area contributed by atoms with Crippen molar-refractivity contribution in [1.82, 2.24) is 15.0 Å². The fraction of sp³-hybridized carbons (Fsp3) is 0.885. The Labute approximate surface area is 190 Å². The molecule has 0 aromatic carbocycles. The smallest absolute Gasteiger partial charge is 0.157 e. The van der Waals surface area contributed by atoms with Gasteiger partial charge in [-0.1, -0.05) is 12.1 Å². The number of carbonyl (C=O) groups is 1. The van der Waals surface area contributed by atoms with Crippen LogP contribution in [-0.4, -0.2) is 37.2 Å². The van der Waals surface area contributed by atoms with Crippen molar-refractivity contribution in [1.29, 1.82) is 0 Å². The summed E-state index contributed by atoms with van der Waals surface area (Å²) in [5.41, 5.74) is -0.803.